The van der Waals surface area contributed by atoms with E-state index in [4.69, 9.17) is 0 Å². The van der Waals surface area contributed by atoms with E-state index in [1.807, 2.05) is 19.4 Å². The molecule has 0 aliphatic rings. The van der Waals surface area contributed by atoms with E-state index in [1.54, 1.807) is 11.6 Å². The molecular weight excluding hydrogens is 176 g/mol. The van der Waals surface area contributed by atoms with Gasteiger partial charge in [0.2, 0.25) is 0 Å². The van der Waals surface area contributed by atoms with Gasteiger partial charge in [-0.05, 0) is 24.3 Å². The first kappa shape index (κ1) is 11.0. The number of hydrogen-bond donors (Lipinski definition) is 0. The monoisotopic (exact) mass is 194 g/mol. The zero-order chi connectivity index (χ0) is 10.8. The highest BCUT2D eigenvalue weighted by molar-refractivity contribution is 5.76. The van der Waals surface area contributed by atoms with Crippen LogP contribution in [0.3, 0.4) is 0 Å². The second-order valence-electron chi connectivity index (χ2n) is 4.74. The molecule has 0 aromatic carbocycles. The van der Waals surface area contributed by atoms with Crippen molar-refractivity contribution in [3.8, 4) is 0 Å². The van der Waals surface area contributed by atoms with Crippen LogP contribution >= 0.6 is 0 Å². The summed E-state index contributed by atoms with van der Waals surface area (Å²) >= 11 is 0. The fourth-order valence-corrected chi connectivity index (χ4v) is 1.85. The lowest BCUT2D eigenvalue weighted by molar-refractivity contribution is -0.118. The quantitative estimate of drug-likeness (QED) is 0.734. The van der Waals surface area contributed by atoms with Gasteiger partial charge in [0.25, 0.3) is 0 Å². The van der Waals surface area contributed by atoms with Gasteiger partial charge >= 0.3 is 0 Å². The molecule has 0 atom stereocenters. The first-order valence-corrected chi connectivity index (χ1v) is 4.86. The first-order valence-electron chi connectivity index (χ1n) is 4.86. The minimum Gasteiger partial charge on any atom is -0.300 e. The summed E-state index contributed by atoms with van der Waals surface area (Å²) in [6.45, 7) is 5.87. The Morgan fingerprint density at radius 1 is 1.57 bits per heavy atom. The number of carbonyl (C=O) groups is 1. The fraction of sp³-hybridized carbons (Fsp3) is 0.636. The Morgan fingerprint density at radius 3 is 2.64 bits per heavy atom. The molecule has 14 heavy (non-hydrogen) atoms. The van der Waals surface area contributed by atoms with E-state index < -0.39 is 0 Å². The molecule has 3 heteroatoms. The van der Waals surface area contributed by atoms with E-state index in [-0.39, 0.29) is 11.2 Å². The average Bonchev–Trinajstić information content (AvgIpc) is 2.30. The minimum atomic E-state index is 0.0366. The van der Waals surface area contributed by atoms with Gasteiger partial charge in [-0.25, -0.2) is 0 Å². The van der Waals surface area contributed by atoms with E-state index in [2.05, 4.69) is 18.9 Å². The normalized spacial score (nSPS) is 11.7. The van der Waals surface area contributed by atoms with Crippen molar-refractivity contribution in [1.29, 1.82) is 0 Å². The first-order chi connectivity index (χ1) is 6.39. The van der Waals surface area contributed by atoms with Gasteiger partial charge in [0.1, 0.15) is 5.78 Å². The molecule has 0 saturated carbocycles. The maximum atomic E-state index is 11.0. The highest BCUT2D eigenvalue weighted by Gasteiger charge is 2.21. The van der Waals surface area contributed by atoms with Crippen molar-refractivity contribution in [2.45, 2.75) is 33.6 Å². The summed E-state index contributed by atoms with van der Waals surface area (Å²) in [5, 5.41) is 4.11. The van der Waals surface area contributed by atoms with Gasteiger partial charge in [-0.15, -0.1) is 0 Å². The highest BCUT2D eigenvalue weighted by atomic mass is 16.1. The molecule has 0 spiro atoms. The molecule has 0 bridgehead atoms. The summed E-state index contributed by atoms with van der Waals surface area (Å²) in [6, 6.07) is 0. The van der Waals surface area contributed by atoms with Crippen molar-refractivity contribution in [3.05, 3.63) is 18.0 Å². The van der Waals surface area contributed by atoms with E-state index in [9.17, 15) is 4.79 Å². The van der Waals surface area contributed by atoms with E-state index in [0.717, 1.165) is 6.42 Å². The summed E-state index contributed by atoms with van der Waals surface area (Å²) in [5.74, 6) is 0.249. The summed E-state index contributed by atoms with van der Waals surface area (Å²) in [4.78, 5) is 11.0. The van der Waals surface area contributed by atoms with Crippen molar-refractivity contribution >= 4 is 5.78 Å². The number of aryl methyl sites for hydroxylation is 1. The number of carbonyl (C=O) groups excluding carboxylic acids is 1. The molecule has 0 saturated heterocycles. The minimum absolute atomic E-state index is 0.0366. The number of hydrogen-bond acceptors (Lipinski definition) is 2. The van der Waals surface area contributed by atoms with Crippen molar-refractivity contribution in [2.75, 3.05) is 0 Å². The molecule has 0 unspecified atom stereocenters. The van der Waals surface area contributed by atoms with Crippen LogP contribution < -0.4 is 0 Å². The summed E-state index contributed by atoms with van der Waals surface area (Å²) < 4.78 is 1.79. The molecule has 0 radical (unpaired) electrons. The predicted octanol–water partition coefficient (Wildman–Crippen LogP) is 1.97. The van der Waals surface area contributed by atoms with E-state index >= 15 is 0 Å². The van der Waals surface area contributed by atoms with Crippen LogP contribution in [-0.4, -0.2) is 15.6 Å². The molecule has 3 nitrogen and oxygen atoms in total. The number of rotatable bonds is 4. The van der Waals surface area contributed by atoms with Crippen LogP contribution in [0.25, 0.3) is 0 Å². The average molecular weight is 194 g/mol. The largest absolute Gasteiger partial charge is 0.300 e. The Bertz CT molecular complexity index is 326. The second kappa shape index (κ2) is 3.95. The van der Waals surface area contributed by atoms with Crippen molar-refractivity contribution in [2.24, 2.45) is 12.5 Å². The lowest BCUT2D eigenvalue weighted by Gasteiger charge is -2.22. The Hall–Kier alpha value is -1.12. The number of Topliss-reactive ketones (excluding diaryl/α,β-unsaturated/α-hetero) is 1. The van der Waals surface area contributed by atoms with Crippen molar-refractivity contribution in [3.63, 3.8) is 0 Å². The highest BCUT2D eigenvalue weighted by Crippen LogP contribution is 2.25. The van der Waals surface area contributed by atoms with Crippen LogP contribution in [0, 0.1) is 5.41 Å². The van der Waals surface area contributed by atoms with Gasteiger partial charge < -0.3 is 4.79 Å². The molecule has 0 fully saturated rings. The predicted molar refractivity (Wildman–Crippen MR) is 56.0 cm³/mol. The Labute approximate surface area is 85.1 Å². The van der Waals surface area contributed by atoms with Gasteiger partial charge in [0, 0.05) is 19.7 Å². The Morgan fingerprint density at radius 2 is 2.21 bits per heavy atom. The molecule has 1 heterocycles. The van der Waals surface area contributed by atoms with Crippen LogP contribution in [0.5, 0.6) is 0 Å². The molecular formula is C11H18N2O. The molecule has 1 aromatic rings. The third-order valence-electron chi connectivity index (χ3n) is 2.17. The van der Waals surface area contributed by atoms with E-state index in [0.29, 0.717) is 6.42 Å². The number of nitrogens with zero attached hydrogens (tertiary/aromatic N) is 2. The molecule has 1 rings (SSSR count). The lowest BCUT2D eigenvalue weighted by Crippen LogP contribution is -2.18. The Balaban J connectivity index is 2.63. The third-order valence-corrected chi connectivity index (χ3v) is 2.17. The molecule has 1 aromatic heterocycles. The van der Waals surface area contributed by atoms with Crippen LogP contribution in [-0.2, 0) is 18.3 Å². The van der Waals surface area contributed by atoms with Crippen LogP contribution in [0.1, 0.15) is 32.8 Å². The topological polar surface area (TPSA) is 34.9 Å². The van der Waals surface area contributed by atoms with Crippen molar-refractivity contribution in [1.82, 2.24) is 9.78 Å². The zero-order valence-corrected chi connectivity index (χ0v) is 9.37. The van der Waals surface area contributed by atoms with Gasteiger partial charge in [-0.3, -0.25) is 4.68 Å². The standard InChI is InChI=1S/C11H18N2O/c1-9(14)5-11(2,3)6-10-7-12-13(4)8-10/h7-8H,5-6H2,1-4H3. The number of aromatic nitrogens is 2. The zero-order valence-electron chi connectivity index (χ0n) is 9.37. The van der Waals surface area contributed by atoms with Gasteiger partial charge in [0.05, 0.1) is 6.20 Å². The van der Waals surface area contributed by atoms with Gasteiger partial charge in [-0.1, -0.05) is 13.8 Å². The van der Waals surface area contributed by atoms with Crippen molar-refractivity contribution < 1.29 is 4.79 Å². The maximum Gasteiger partial charge on any atom is 0.130 e. The van der Waals surface area contributed by atoms with E-state index in [1.165, 1.54) is 5.56 Å². The smallest absolute Gasteiger partial charge is 0.130 e. The molecule has 0 aliphatic heterocycles. The second-order valence-corrected chi connectivity index (χ2v) is 4.74. The third kappa shape index (κ3) is 3.32. The Kier molecular flexibility index (Phi) is 3.09. The summed E-state index contributed by atoms with van der Waals surface area (Å²) in [5.41, 5.74) is 1.23. The summed E-state index contributed by atoms with van der Waals surface area (Å²) in [6.07, 6.45) is 5.39. The van der Waals surface area contributed by atoms with Gasteiger partial charge in [-0.2, -0.15) is 5.10 Å². The number of ketones is 1. The molecule has 78 valence electrons. The van der Waals surface area contributed by atoms with Crippen LogP contribution in [0.4, 0.5) is 0 Å². The molecule has 0 amide bonds. The summed E-state index contributed by atoms with van der Waals surface area (Å²) in [7, 11) is 1.90. The molecule has 0 N–H and O–H groups in total. The van der Waals surface area contributed by atoms with Gasteiger partial charge in [0.15, 0.2) is 0 Å². The maximum absolute atomic E-state index is 11.0. The SMILES string of the molecule is CC(=O)CC(C)(C)Cc1cnn(C)c1. The molecule has 0 aliphatic carbocycles. The van der Waals surface area contributed by atoms with Crippen LogP contribution in [0.15, 0.2) is 12.4 Å². The fourth-order valence-electron chi connectivity index (χ4n) is 1.85. The lowest BCUT2D eigenvalue weighted by atomic mass is 9.82. The van der Waals surface area contributed by atoms with Crippen LogP contribution in [0.2, 0.25) is 0 Å².